The number of halogens is 2. The van der Waals surface area contributed by atoms with Crippen LogP contribution < -0.4 is 0 Å². The number of hydrogen-bond donors (Lipinski definition) is 1. The van der Waals surface area contributed by atoms with Gasteiger partial charge in [0.15, 0.2) is 0 Å². The smallest absolute Gasteiger partial charge is 0.253 e. The van der Waals surface area contributed by atoms with Crippen molar-refractivity contribution < 1.29 is 18.7 Å². The lowest BCUT2D eigenvalue weighted by atomic mass is 10.0. The first-order chi connectivity index (χ1) is 14.8. The second-order valence-corrected chi connectivity index (χ2v) is 7.58. The van der Waals surface area contributed by atoms with Gasteiger partial charge in [-0.3, -0.25) is 4.79 Å². The van der Waals surface area contributed by atoms with Gasteiger partial charge in [0.25, 0.3) is 5.91 Å². The van der Waals surface area contributed by atoms with Gasteiger partial charge in [-0.2, -0.15) is 0 Å². The summed E-state index contributed by atoms with van der Waals surface area (Å²) in [6.45, 7) is 1.33. The van der Waals surface area contributed by atoms with Gasteiger partial charge in [-0.25, -0.2) is 13.8 Å². The Bertz CT molecular complexity index is 1280. The number of amides is 1. The minimum Gasteiger partial charge on any atom is -0.388 e. The van der Waals surface area contributed by atoms with Crippen LogP contribution in [0.15, 0.2) is 60.9 Å². The van der Waals surface area contributed by atoms with E-state index in [2.05, 4.69) is 4.98 Å². The molecule has 7 heteroatoms. The van der Waals surface area contributed by atoms with E-state index in [0.29, 0.717) is 22.5 Å². The first kappa shape index (κ1) is 20.7. The molecule has 2 aromatic carbocycles. The number of pyridine rings is 1. The number of hydrogen-bond acceptors (Lipinski definition) is 3. The molecular weight excluding hydrogens is 400 g/mol. The Morgan fingerprint density at radius 1 is 1.00 bits per heavy atom. The SMILES string of the molecule is CC(O)c1c(F)ccc(-c2ccc3nc(-c4ccc(C(=O)N(C)C)cc4)cn3c2)c1F. The number of rotatable bonds is 4. The number of benzene rings is 2. The maximum Gasteiger partial charge on any atom is 0.253 e. The number of aliphatic hydroxyl groups excluding tert-OH is 1. The molecule has 0 fully saturated rings. The van der Waals surface area contributed by atoms with Crippen molar-refractivity contribution in [3.63, 3.8) is 0 Å². The molecule has 158 valence electrons. The van der Waals surface area contributed by atoms with E-state index in [4.69, 9.17) is 0 Å². The van der Waals surface area contributed by atoms with E-state index in [-0.39, 0.29) is 17.0 Å². The summed E-state index contributed by atoms with van der Waals surface area (Å²) in [6.07, 6.45) is 2.25. The average Bonchev–Trinajstić information content (AvgIpc) is 3.16. The summed E-state index contributed by atoms with van der Waals surface area (Å²) in [7, 11) is 3.40. The monoisotopic (exact) mass is 421 g/mol. The van der Waals surface area contributed by atoms with Crippen LogP contribution >= 0.6 is 0 Å². The number of carbonyl (C=O) groups excluding carboxylic acids is 1. The highest BCUT2D eigenvalue weighted by Crippen LogP contribution is 2.31. The summed E-state index contributed by atoms with van der Waals surface area (Å²) in [5.74, 6) is -1.64. The molecule has 2 heterocycles. The molecule has 1 atom stereocenters. The van der Waals surface area contributed by atoms with Gasteiger partial charge in [-0.1, -0.05) is 12.1 Å². The summed E-state index contributed by atoms with van der Waals surface area (Å²) in [5.41, 5.74) is 3.15. The number of aromatic nitrogens is 2. The van der Waals surface area contributed by atoms with Crippen molar-refractivity contribution in [1.29, 1.82) is 0 Å². The maximum atomic E-state index is 14.8. The standard InChI is InChI=1S/C24H21F2N3O2/c1-14(30)22-19(25)10-9-18(23(22)26)17-8-11-21-27-20(13-29(21)12-17)15-4-6-16(7-5-15)24(31)28(2)3/h4-14,30H,1-3H3. The average molecular weight is 421 g/mol. The van der Waals surface area contributed by atoms with Gasteiger partial charge in [-0.15, -0.1) is 0 Å². The summed E-state index contributed by atoms with van der Waals surface area (Å²) >= 11 is 0. The van der Waals surface area contributed by atoms with Gasteiger partial charge >= 0.3 is 0 Å². The molecule has 5 nitrogen and oxygen atoms in total. The van der Waals surface area contributed by atoms with Crippen LogP contribution in [0.1, 0.15) is 28.9 Å². The Morgan fingerprint density at radius 2 is 1.68 bits per heavy atom. The Morgan fingerprint density at radius 3 is 2.32 bits per heavy atom. The molecule has 4 rings (SSSR count). The zero-order chi connectivity index (χ0) is 22.3. The fourth-order valence-electron chi connectivity index (χ4n) is 3.51. The van der Waals surface area contributed by atoms with Crippen LogP contribution in [0, 0.1) is 11.6 Å². The van der Waals surface area contributed by atoms with E-state index in [1.807, 2.05) is 12.1 Å². The Kier molecular flexibility index (Phi) is 5.29. The molecule has 0 aliphatic heterocycles. The van der Waals surface area contributed by atoms with Gasteiger partial charge < -0.3 is 14.4 Å². The molecule has 1 unspecified atom stereocenters. The molecule has 31 heavy (non-hydrogen) atoms. The summed E-state index contributed by atoms with van der Waals surface area (Å²) < 4.78 is 30.5. The van der Waals surface area contributed by atoms with E-state index >= 15 is 0 Å². The van der Waals surface area contributed by atoms with Crippen molar-refractivity contribution in [3.05, 3.63) is 83.7 Å². The highest BCUT2D eigenvalue weighted by atomic mass is 19.1. The normalized spacial score (nSPS) is 12.2. The molecule has 2 aromatic heterocycles. The molecule has 0 radical (unpaired) electrons. The third-order valence-corrected chi connectivity index (χ3v) is 5.14. The molecule has 1 amide bonds. The van der Waals surface area contributed by atoms with E-state index in [9.17, 15) is 18.7 Å². The topological polar surface area (TPSA) is 57.8 Å². The van der Waals surface area contributed by atoms with Gasteiger partial charge in [0.1, 0.15) is 17.3 Å². The lowest BCUT2D eigenvalue weighted by Crippen LogP contribution is -2.21. The van der Waals surface area contributed by atoms with Crippen molar-refractivity contribution in [3.8, 4) is 22.4 Å². The predicted molar refractivity (Wildman–Crippen MR) is 115 cm³/mol. The van der Waals surface area contributed by atoms with Crippen molar-refractivity contribution >= 4 is 11.6 Å². The summed E-state index contributed by atoms with van der Waals surface area (Å²) in [6, 6.07) is 13.1. The molecule has 0 bridgehead atoms. The number of nitrogens with zero attached hydrogens (tertiary/aromatic N) is 3. The van der Waals surface area contributed by atoms with Crippen LogP contribution in [0.4, 0.5) is 8.78 Å². The zero-order valence-corrected chi connectivity index (χ0v) is 17.3. The second-order valence-electron chi connectivity index (χ2n) is 7.58. The minimum absolute atomic E-state index is 0.0796. The quantitative estimate of drug-likeness (QED) is 0.520. The van der Waals surface area contributed by atoms with E-state index in [1.165, 1.54) is 17.9 Å². The Balaban J connectivity index is 1.72. The summed E-state index contributed by atoms with van der Waals surface area (Å²) in [4.78, 5) is 18.2. The van der Waals surface area contributed by atoms with Crippen LogP contribution in [0.2, 0.25) is 0 Å². The molecule has 4 aromatic rings. The molecular formula is C24H21F2N3O2. The Hall–Kier alpha value is -3.58. The molecule has 0 spiro atoms. The number of imidazole rings is 1. The fraction of sp³-hybridized carbons (Fsp3) is 0.167. The van der Waals surface area contributed by atoms with Crippen molar-refractivity contribution in [2.75, 3.05) is 14.1 Å². The number of aliphatic hydroxyl groups is 1. The van der Waals surface area contributed by atoms with Gasteiger partial charge in [0.2, 0.25) is 0 Å². The highest BCUT2D eigenvalue weighted by Gasteiger charge is 2.19. The Labute approximate surface area is 178 Å². The predicted octanol–water partition coefficient (Wildman–Crippen LogP) is 4.70. The van der Waals surface area contributed by atoms with Crippen LogP contribution in [-0.4, -0.2) is 39.4 Å². The first-order valence-corrected chi connectivity index (χ1v) is 9.73. The molecule has 0 aliphatic carbocycles. The fourth-order valence-corrected chi connectivity index (χ4v) is 3.51. The van der Waals surface area contributed by atoms with Gasteiger partial charge in [-0.05, 0) is 43.3 Å². The molecule has 0 saturated carbocycles. The van der Waals surface area contributed by atoms with Crippen LogP contribution in [0.3, 0.4) is 0 Å². The third-order valence-electron chi connectivity index (χ3n) is 5.14. The first-order valence-electron chi connectivity index (χ1n) is 9.73. The van der Waals surface area contributed by atoms with Crippen LogP contribution in [0.25, 0.3) is 28.0 Å². The van der Waals surface area contributed by atoms with Crippen LogP contribution in [0.5, 0.6) is 0 Å². The number of carbonyl (C=O) groups is 1. The van der Waals surface area contributed by atoms with E-state index < -0.39 is 17.7 Å². The van der Waals surface area contributed by atoms with Crippen molar-refractivity contribution in [1.82, 2.24) is 14.3 Å². The lowest BCUT2D eigenvalue weighted by molar-refractivity contribution is 0.0827. The molecule has 0 saturated heterocycles. The maximum absolute atomic E-state index is 14.8. The van der Waals surface area contributed by atoms with Crippen molar-refractivity contribution in [2.24, 2.45) is 0 Å². The summed E-state index contributed by atoms with van der Waals surface area (Å²) in [5, 5.41) is 9.72. The lowest BCUT2D eigenvalue weighted by Gasteiger charge is -2.12. The number of fused-ring (bicyclic) bond motifs is 1. The third kappa shape index (κ3) is 3.80. The van der Waals surface area contributed by atoms with Gasteiger partial charge in [0, 0.05) is 48.7 Å². The van der Waals surface area contributed by atoms with Gasteiger partial charge in [0.05, 0.1) is 17.4 Å². The van der Waals surface area contributed by atoms with Crippen molar-refractivity contribution in [2.45, 2.75) is 13.0 Å². The molecule has 1 N–H and O–H groups in total. The van der Waals surface area contributed by atoms with Crippen LogP contribution in [-0.2, 0) is 0 Å². The van der Waals surface area contributed by atoms with E-state index in [0.717, 1.165) is 11.6 Å². The van der Waals surface area contributed by atoms with E-state index in [1.54, 1.807) is 55.2 Å². The second kappa shape index (κ2) is 7.92. The minimum atomic E-state index is -1.26. The largest absolute Gasteiger partial charge is 0.388 e. The molecule has 0 aliphatic rings. The highest BCUT2D eigenvalue weighted by molar-refractivity contribution is 5.94. The zero-order valence-electron chi connectivity index (χ0n) is 17.3.